The molecule has 0 atom stereocenters. The summed E-state index contributed by atoms with van der Waals surface area (Å²) in [6.45, 7) is 39.2. The van der Waals surface area contributed by atoms with Crippen LogP contribution in [-0.4, -0.2) is 21.0 Å². The zero-order valence-corrected chi connectivity index (χ0v) is 60.4. The summed E-state index contributed by atoms with van der Waals surface area (Å²) in [6, 6.07) is 48.1. The summed E-state index contributed by atoms with van der Waals surface area (Å²) in [5.41, 5.74) is 20.9. The fourth-order valence-corrected chi connectivity index (χ4v) is 11.9. The molecule has 2 aliphatic heterocycles. The summed E-state index contributed by atoms with van der Waals surface area (Å²) in [4.78, 5) is 40.3. The van der Waals surface area contributed by atoms with Crippen molar-refractivity contribution < 1.29 is 29.4 Å². The first-order valence-corrected chi connectivity index (χ1v) is 33.1. The number of rotatable bonds is 17. The first kappa shape index (κ1) is 68.7. The molecule has 2 aliphatic rings. The van der Waals surface area contributed by atoms with Crippen LogP contribution in [0.5, 0.6) is 0 Å². The minimum absolute atomic E-state index is 0. The van der Waals surface area contributed by atoms with Gasteiger partial charge in [0.25, 0.3) is 5.70 Å². The van der Waals surface area contributed by atoms with E-state index >= 15 is 0 Å². The molecule has 8 aromatic rings. The number of anilines is 3. The number of hydrogen-bond acceptors (Lipinski definition) is 4. The largest absolute Gasteiger partial charge is 2.00 e. The van der Waals surface area contributed by atoms with Gasteiger partial charge in [-0.2, -0.15) is 0 Å². The number of aliphatic carboxylic acids is 1. The number of nitrogens with zero attached hydrogens (tertiary/aromatic N) is 6. The maximum absolute atomic E-state index is 11.8. The Balaban J connectivity index is 0.0000102. The summed E-state index contributed by atoms with van der Waals surface area (Å²) >= 11 is 0. The molecule has 470 valence electrons. The zero-order chi connectivity index (χ0) is 65.7. The van der Waals surface area contributed by atoms with E-state index in [0.29, 0.717) is 27.9 Å². The van der Waals surface area contributed by atoms with Crippen LogP contribution in [0.3, 0.4) is 0 Å². The Morgan fingerprint density at radius 2 is 0.914 bits per heavy atom. The van der Waals surface area contributed by atoms with E-state index in [-0.39, 0.29) is 46.8 Å². The number of benzene rings is 5. The van der Waals surface area contributed by atoms with Crippen LogP contribution in [0.2, 0.25) is 0 Å². The van der Waals surface area contributed by atoms with E-state index in [4.69, 9.17) is 26.5 Å². The molecule has 0 spiro atoms. The fourth-order valence-electron chi connectivity index (χ4n) is 11.9. The maximum atomic E-state index is 11.8. The number of fused-ring (bicyclic) bond motifs is 8. The summed E-state index contributed by atoms with van der Waals surface area (Å²) in [5.74, 6) is 5.72. The zero-order valence-electron chi connectivity index (χ0n) is 57.4. The van der Waals surface area contributed by atoms with E-state index < -0.39 is 5.97 Å². The summed E-state index contributed by atoms with van der Waals surface area (Å²) < 4.78 is 0. The second-order valence-electron chi connectivity index (χ2n) is 29.0. The fraction of sp³-hybridized carbons (Fsp3) is 0.333. The van der Waals surface area contributed by atoms with Crippen molar-refractivity contribution in [2.75, 3.05) is 4.90 Å². The molecule has 1 N–H and O–H groups in total. The van der Waals surface area contributed by atoms with E-state index in [1.165, 1.54) is 78.0 Å². The van der Waals surface area contributed by atoms with Crippen LogP contribution in [0.4, 0.5) is 17.1 Å². The average molecular weight is 1280 g/mol. The Kier molecular flexibility index (Phi) is 21.2. The van der Waals surface area contributed by atoms with Crippen molar-refractivity contribution in [3.63, 3.8) is 0 Å². The van der Waals surface area contributed by atoms with E-state index in [0.717, 1.165) is 98.6 Å². The SMILES string of the molecule is [C-]#[N+]/C(=C\c1ccc(C#Cc2c3nc(c(-c4cc(C(C)(C)C)cc(C(C)(C)C)c4)c4ccc([n-]4)c(N(c4ccc(CCCCCC)cc4)c4ccc(CCCCCC)cc4)c4nc(c(-c5cc(C(C)(C)C)cc(C(C)(C)C)c5)c5ccc2[n-]5)C=C4)C=C3)cc1)C(=O)O.[Zn+2]. The average Bonchev–Trinajstić information content (AvgIpc) is 1.68. The summed E-state index contributed by atoms with van der Waals surface area (Å²) in [7, 11) is 0. The monoisotopic (exact) mass is 1280 g/mol. The number of hydrogen-bond donors (Lipinski definition) is 1. The topological polar surface area (TPSA) is 98.9 Å². The molecule has 0 aliphatic carbocycles. The van der Waals surface area contributed by atoms with Gasteiger partial charge in [0, 0.05) is 22.5 Å². The molecule has 0 amide bonds. The molecule has 0 unspecified atom stereocenters. The third-order valence-corrected chi connectivity index (χ3v) is 17.6. The number of carboxylic acid groups (broad SMARTS) is 1. The molecule has 0 saturated heterocycles. The van der Waals surface area contributed by atoms with Crippen LogP contribution in [0.25, 0.3) is 79.5 Å². The number of aromatic nitrogens is 4. The van der Waals surface area contributed by atoms with Crippen molar-refractivity contribution in [2.45, 2.75) is 183 Å². The van der Waals surface area contributed by atoms with Crippen LogP contribution < -0.4 is 14.9 Å². The molecule has 10 rings (SSSR count). The summed E-state index contributed by atoms with van der Waals surface area (Å²) in [6.07, 6.45) is 21.5. The first-order chi connectivity index (χ1) is 43.8. The van der Waals surface area contributed by atoms with Crippen LogP contribution in [0.1, 0.15) is 221 Å². The van der Waals surface area contributed by atoms with Crippen molar-refractivity contribution in [2.24, 2.45) is 0 Å². The minimum atomic E-state index is -1.27. The smallest absolute Gasteiger partial charge is 0.656 e. The van der Waals surface area contributed by atoms with Crippen LogP contribution >= 0.6 is 0 Å². The predicted molar refractivity (Wildman–Crippen MR) is 387 cm³/mol. The van der Waals surface area contributed by atoms with Crippen molar-refractivity contribution in [3.05, 3.63) is 223 Å². The van der Waals surface area contributed by atoms with Crippen molar-refractivity contribution in [1.82, 2.24) is 19.9 Å². The molecule has 0 fully saturated rings. The van der Waals surface area contributed by atoms with E-state index in [9.17, 15) is 9.90 Å². The van der Waals surface area contributed by atoms with Crippen LogP contribution in [0.15, 0.2) is 139 Å². The standard InChI is InChI=1S/C84H91N6O2.Zn/c1-16-18-20-22-24-55-30-35-65(36-31-55)90(66-37-32-56(33-38-66)25-23-21-19-17-2)79-74-46-44-72(88-74)77(59-49-61(81(3,4)5)53-62(50-59)82(6,7)8)70-42-40-68(86-70)67(39-34-57-26-28-58(29-27-57)48-76(85-15)80(91)92)69-41-43-71(87-69)78(73-45-47-75(79)89-73)60-51-63(83(9,10)11)54-64(52-60)84(12,13)14;/h26-33,35-38,40-54H,16-25H2,1-14H3,(H2-,86,87,88,89,91,92);/q-1;+2/p-1/b68-67?,69-67?,76-48-,77-70?,77-72?,78-71?,78-73?,79-74?,79-75?;. The van der Waals surface area contributed by atoms with Gasteiger partial charge in [-0.1, -0.05) is 244 Å². The molecule has 0 saturated carbocycles. The Morgan fingerprint density at radius 3 is 1.34 bits per heavy atom. The van der Waals surface area contributed by atoms with Gasteiger partial charge in [0.1, 0.15) is 0 Å². The van der Waals surface area contributed by atoms with Crippen LogP contribution in [0, 0.1) is 18.4 Å². The Morgan fingerprint density at radius 1 is 0.505 bits per heavy atom. The number of carbonyl (C=O) groups is 1. The van der Waals surface area contributed by atoms with Crippen molar-refractivity contribution in [1.29, 1.82) is 0 Å². The number of carboxylic acids is 1. The Hall–Kier alpha value is -8.62. The third-order valence-electron chi connectivity index (χ3n) is 17.6. The molecule has 9 heteroatoms. The number of aryl methyl sites for hydroxylation is 2. The van der Waals surface area contributed by atoms with E-state index in [1.54, 1.807) is 12.1 Å². The molecule has 8 bridgehead atoms. The predicted octanol–water partition coefficient (Wildman–Crippen LogP) is 21.9. The Bertz CT molecular complexity index is 4240. The Labute approximate surface area is 566 Å². The van der Waals surface area contributed by atoms with Gasteiger partial charge in [0.05, 0.1) is 35.0 Å². The van der Waals surface area contributed by atoms with Crippen LogP contribution in [-0.2, 0) is 58.8 Å². The van der Waals surface area contributed by atoms with Gasteiger partial charge in [0.2, 0.25) is 0 Å². The van der Waals surface area contributed by atoms with Crippen molar-refractivity contribution in [3.8, 4) is 34.1 Å². The molecule has 3 aromatic heterocycles. The van der Waals surface area contributed by atoms with Gasteiger partial charge in [-0.05, 0) is 175 Å². The molecule has 5 aromatic carbocycles. The van der Waals surface area contributed by atoms with Gasteiger partial charge >= 0.3 is 25.4 Å². The minimum Gasteiger partial charge on any atom is -0.656 e. The van der Waals surface area contributed by atoms with Gasteiger partial charge in [0.15, 0.2) is 0 Å². The van der Waals surface area contributed by atoms with Gasteiger partial charge in [-0.15, -0.1) is 22.1 Å². The quantitative estimate of drug-likeness (QED) is 0.0319. The third kappa shape index (κ3) is 16.2. The first-order valence-electron chi connectivity index (χ1n) is 33.1. The molecular formula is C84H90N6O2Zn. The number of unbranched alkanes of at least 4 members (excludes halogenated alkanes) is 6. The van der Waals surface area contributed by atoms with Gasteiger partial charge in [-0.3, -0.25) is 4.79 Å². The van der Waals surface area contributed by atoms with Gasteiger partial charge < -0.3 is 20.0 Å². The van der Waals surface area contributed by atoms with Gasteiger partial charge in [-0.25, -0.2) is 14.8 Å². The second kappa shape index (κ2) is 28.7. The molecule has 5 heterocycles. The normalized spacial score (nSPS) is 12.5. The molecule has 0 radical (unpaired) electrons. The second-order valence-corrected chi connectivity index (χ2v) is 29.0. The van der Waals surface area contributed by atoms with E-state index in [1.807, 2.05) is 12.1 Å². The van der Waals surface area contributed by atoms with E-state index in [2.05, 4.69) is 252 Å². The molecule has 93 heavy (non-hydrogen) atoms. The molecular weight excluding hydrogens is 1190 g/mol. The van der Waals surface area contributed by atoms with Crippen molar-refractivity contribution >= 4 is 75.5 Å². The summed E-state index contributed by atoms with van der Waals surface area (Å²) in [5, 5.41) is 9.60. The maximum Gasteiger partial charge on any atom is 2.00 e. The molecule has 8 nitrogen and oxygen atoms in total.